The first-order valence-corrected chi connectivity index (χ1v) is 11.2. The monoisotopic (exact) mass is 459 g/mol. The zero-order chi connectivity index (χ0) is 23.5. The number of halogens is 1. The maximum Gasteiger partial charge on any atom is 0.248 e. The summed E-state index contributed by atoms with van der Waals surface area (Å²) < 4.78 is 11.8. The molecule has 0 saturated carbocycles. The van der Waals surface area contributed by atoms with E-state index in [0.29, 0.717) is 23.1 Å². The molecule has 0 radical (unpaired) electrons. The number of hydrogen-bond acceptors (Lipinski definition) is 3. The van der Waals surface area contributed by atoms with Gasteiger partial charge in [-0.15, -0.1) is 0 Å². The number of carbonyl (C=O) groups excluding carboxylic acids is 1. The first-order chi connectivity index (χ1) is 15.9. The Morgan fingerprint density at radius 2 is 1.88 bits per heavy atom. The van der Waals surface area contributed by atoms with E-state index in [2.05, 4.69) is 37.4 Å². The van der Waals surface area contributed by atoms with Crippen LogP contribution < -0.4 is 10.1 Å². The standard InChI is InChI=1S/C28H26ClNO3/c1-5-32-26-15-27-22(23(16-33-27)20-11-10-17(2)12-18(20)3)14-21(26)19(4)13-28(31)30-25-9-7-6-8-24(25)29/h6-16H,5H2,1-4H3,(H,30,31)/b19-13+. The van der Waals surface area contributed by atoms with Gasteiger partial charge in [-0.25, -0.2) is 0 Å². The van der Waals surface area contributed by atoms with Gasteiger partial charge in [-0.2, -0.15) is 0 Å². The number of anilines is 1. The number of benzene rings is 3. The van der Waals surface area contributed by atoms with Crippen molar-refractivity contribution in [2.24, 2.45) is 0 Å². The summed E-state index contributed by atoms with van der Waals surface area (Å²) in [7, 11) is 0. The minimum atomic E-state index is -0.259. The van der Waals surface area contributed by atoms with Gasteiger partial charge < -0.3 is 14.5 Å². The molecule has 0 aliphatic rings. The molecule has 0 spiro atoms. The van der Waals surface area contributed by atoms with Crippen molar-refractivity contribution in [3.8, 4) is 16.9 Å². The first kappa shape index (κ1) is 22.7. The molecule has 0 unspecified atom stereocenters. The van der Waals surface area contributed by atoms with Gasteiger partial charge in [0.2, 0.25) is 5.91 Å². The molecule has 1 amide bonds. The maximum absolute atomic E-state index is 12.7. The van der Waals surface area contributed by atoms with Gasteiger partial charge in [0.1, 0.15) is 11.3 Å². The van der Waals surface area contributed by atoms with Crippen molar-refractivity contribution < 1.29 is 13.9 Å². The largest absolute Gasteiger partial charge is 0.493 e. The van der Waals surface area contributed by atoms with Gasteiger partial charge in [0.15, 0.2) is 0 Å². The molecule has 0 saturated heterocycles. The van der Waals surface area contributed by atoms with Crippen LogP contribution in [-0.2, 0) is 4.79 Å². The molecule has 1 N–H and O–H groups in total. The fourth-order valence-corrected chi connectivity index (χ4v) is 4.15. The minimum Gasteiger partial charge on any atom is -0.493 e. The third kappa shape index (κ3) is 4.81. The van der Waals surface area contributed by atoms with Crippen LogP contribution in [0.25, 0.3) is 27.7 Å². The topological polar surface area (TPSA) is 51.5 Å². The number of fused-ring (bicyclic) bond motifs is 1. The molecular formula is C28H26ClNO3. The molecule has 0 bridgehead atoms. The highest BCUT2D eigenvalue weighted by Crippen LogP contribution is 2.38. The second-order valence-corrected chi connectivity index (χ2v) is 8.45. The maximum atomic E-state index is 12.7. The minimum absolute atomic E-state index is 0.259. The van der Waals surface area contributed by atoms with E-state index >= 15 is 0 Å². The number of carbonyl (C=O) groups is 1. The van der Waals surface area contributed by atoms with Crippen LogP contribution in [0.4, 0.5) is 5.69 Å². The lowest BCUT2D eigenvalue weighted by Crippen LogP contribution is -2.09. The summed E-state index contributed by atoms with van der Waals surface area (Å²) in [6.07, 6.45) is 3.34. The van der Waals surface area contributed by atoms with E-state index in [1.807, 2.05) is 38.1 Å². The van der Waals surface area contributed by atoms with E-state index in [4.69, 9.17) is 20.8 Å². The number of ether oxygens (including phenoxy) is 1. The van der Waals surface area contributed by atoms with Gasteiger partial charge in [0.25, 0.3) is 0 Å². The molecule has 1 heterocycles. The Bertz CT molecular complexity index is 1370. The van der Waals surface area contributed by atoms with Crippen molar-refractivity contribution in [1.82, 2.24) is 0 Å². The molecule has 0 aliphatic carbocycles. The Morgan fingerprint density at radius 3 is 2.61 bits per heavy atom. The van der Waals surface area contributed by atoms with Gasteiger partial charge in [-0.1, -0.05) is 47.5 Å². The number of aryl methyl sites for hydroxylation is 2. The van der Waals surface area contributed by atoms with Crippen molar-refractivity contribution in [2.45, 2.75) is 27.7 Å². The van der Waals surface area contributed by atoms with Gasteiger partial charge in [0.05, 0.1) is 23.6 Å². The van der Waals surface area contributed by atoms with Crippen molar-refractivity contribution in [3.05, 3.63) is 88.6 Å². The summed E-state index contributed by atoms with van der Waals surface area (Å²) in [5.41, 5.74) is 7.45. The van der Waals surface area contributed by atoms with Crippen LogP contribution >= 0.6 is 11.6 Å². The van der Waals surface area contributed by atoms with Crippen molar-refractivity contribution in [2.75, 3.05) is 11.9 Å². The highest BCUT2D eigenvalue weighted by atomic mass is 35.5. The van der Waals surface area contributed by atoms with Gasteiger partial charge in [-0.3, -0.25) is 4.79 Å². The molecule has 168 valence electrons. The van der Waals surface area contributed by atoms with Gasteiger partial charge in [0, 0.05) is 28.7 Å². The fourth-order valence-electron chi connectivity index (χ4n) is 3.97. The Kier molecular flexibility index (Phi) is 6.57. The quantitative estimate of drug-likeness (QED) is 0.299. The summed E-state index contributed by atoms with van der Waals surface area (Å²) in [4.78, 5) is 12.7. The summed E-state index contributed by atoms with van der Waals surface area (Å²) >= 11 is 6.17. The Morgan fingerprint density at radius 1 is 1.09 bits per heavy atom. The van der Waals surface area contributed by atoms with Crippen LogP contribution in [-0.4, -0.2) is 12.5 Å². The molecule has 3 aromatic carbocycles. The normalized spacial score (nSPS) is 11.6. The Hall–Kier alpha value is -3.50. The predicted molar refractivity (Wildman–Crippen MR) is 136 cm³/mol. The van der Waals surface area contributed by atoms with Crippen LogP contribution in [0.15, 0.2) is 71.4 Å². The first-order valence-electron chi connectivity index (χ1n) is 10.9. The number of nitrogens with one attached hydrogen (secondary N) is 1. The van der Waals surface area contributed by atoms with Crippen LogP contribution in [0.1, 0.15) is 30.5 Å². The lowest BCUT2D eigenvalue weighted by atomic mass is 9.96. The van der Waals surface area contributed by atoms with E-state index in [1.54, 1.807) is 24.5 Å². The van der Waals surface area contributed by atoms with Gasteiger partial charge >= 0.3 is 0 Å². The highest BCUT2D eigenvalue weighted by Gasteiger charge is 2.16. The van der Waals surface area contributed by atoms with Crippen molar-refractivity contribution >= 4 is 39.7 Å². The Labute approximate surface area is 198 Å². The fraction of sp³-hybridized carbons (Fsp3) is 0.179. The molecule has 0 aliphatic heterocycles. The average molecular weight is 460 g/mol. The molecule has 4 rings (SSSR count). The zero-order valence-corrected chi connectivity index (χ0v) is 19.9. The van der Waals surface area contributed by atoms with Crippen LogP contribution in [0.5, 0.6) is 5.75 Å². The number of allylic oxidation sites excluding steroid dienone is 1. The molecular weight excluding hydrogens is 434 g/mol. The number of rotatable bonds is 6. The third-order valence-corrected chi connectivity index (χ3v) is 5.88. The average Bonchev–Trinajstić information content (AvgIpc) is 3.17. The van der Waals surface area contributed by atoms with Crippen LogP contribution in [0, 0.1) is 13.8 Å². The number of hydrogen-bond donors (Lipinski definition) is 1. The van der Waals surface area contributed by atoms with E-state index in [-0.39, 0.29) is 5.91 Å². The lowest BCUT2D eigenvalue weighted by molar-refractivity contribution is -0.111. The Balaban J connectivity index is 1.76. The second kappa shape index (κ2) is 9.55. The smallest absolute Gasteiger partial charge is 0.248 e. The number of amides is 1. The highest BCUT2D eigenvalue weighted by molar-refractivity contribution is 6.33. The summed E-state index contributed by atoms with van der Waals surface area (Å²) in [6, 6.07) is 17.5. The van der Waals surface area contributed by atoms with E-state index in [9.17, 15) is 4.79 Å². The predicted octanol–water partition coefficient (Wildman–Crippen LogP) is 7.81. The molecule has 5 heteroatoms. The van der Waals surface area contributed by atoms with Crippen LogP contribution in [0.2, 0.25) is 5.02 Å². The number of furan rings is 1. The third-order valence-electron chi connectivity index (χ3n) is 5.55. The second-order valence-electron chi connectivity index (χ2n) is 8.04. The molecule has 0 atom stereocenters. The summed E-state index contributed by atoms with van der Waals surface area (Å²) in [5, 5.41) is 4.30. The zero-order valence-electron chi connectivity index (χ0n) is 19.2. The van der Waals surface area contributed by atoms with E-state index in [1.165, 1.54) is 11.1 Å². The summed E-state index contributed by atoms with van der Waals surface area (Å²) in [6.45, 7) is 8.51. The molecule has 4 nitrogen and oxygen atoms in total. The molecule has 1 aromatic heterocycles. The molecule has 4 aromatic rings. The van der Waals surface area contributed by atoms with Crippen molar-refractivity contribution in [1.29, 1.82) is 0 Å². The summed E-state index contributed by atoms with van der Waals surface area (Å²) in [5.74, 6) is 0.413. The molecule has 0 fully saturated rings. The SMILES string of the molecule is CCOc1cc2occ(-c3ccc(C)cc3C)c2cc1/C(C)=C/C(=O)Nc1ccccc1Cl. The van der Waals surface area contributed by atoms with Crippen molar-refractivity contribution in [3.63, 3.8) is 0 Å². The molecule has 33 heavy (non-hydrogen) atoms. The van der Waals surface area contributed by atoms with Crippen LogP contribution in [0.3, 0.4) is 0 Å². The van der Waals surface area contributed by atoms with E-state index in [0.717, 1.165) is 33.2 Å². The van der Waals surface area contributed by atoms with E-state index < -0.39 is 0 Å². The van der Waals surface area contributed by atoms with Gasteiger partial charge in [-0.05, 0) is 62.6 Å². The lowest BCUT2D eigenvalue weighted by Gasteiger charge is -2.12. The number of para-hydroxylation sites is 1.